The van der Waals surface area contributed by atoms with Gasteiger partial charge in [-0.3, -0.25) is 0 Å². The van der Waals surface area contributed by atoms with E-state index in [0.717, 1.165) is 0 Å². The summed E-state index contributed by atoms with van der Waals surface area (Å²) in [5.74, 6) is -1.05. The van der Waals surface area contributed by atoms with Crippen molar-refractivity contribution in [2.45, 2.75) is 13.8 Å². The van der Waals surface area contributed by atoms with Gasteiger partial charge in [0.15, 0.2) is 0 Å². The van der Waals surface area contributed by atoms with Crippen molar-refractivity contribution < 1.29 is 23.5 Å². The van der Waals surface area contributed by atoms with E-state index in [1.165, 1.54) is 12.3 Å². The summed E-state index contributed by atoms with van der Waals surface area (Å²) in [5.41, 5.74) is -0.177. The van der Waals surface area contributed by atoms with Gasteiger partial charge in [-0.15, -0.1) is 0 Å². The fraction of sp³-hybridized carbons (Fsp3) is 0.333. The molecular weight excluding hydrogens is 224 g/mol. The Bertz CT molecular complexity index is 383. The zero-order valence-electron chi connectivity index (χ0n) is 9.76. The molecule has 0 fully saturated rings. The highest BCUT2D eigenvalue weighted by atomic mass is 16.6. The Balaban J connectivity index is 2.93. The molecule has 0 aliphatic heterocycles. The van der Waals surface area contributed by atoms with Crippen molar-refractivity contribution in [1.29, 1.82) is 0 Å². The molecule has 1 rings (SSSR count). The van der Waals surface area contributed by atoms with Crippen molar-refractivity contribution >= 4 is 18.0 Å². The lowest BCUT2D eigenvalue weighted by molar-refractivity contribution is -0.146. The lowest BCUT2D eigenvalue weighted by Crippen LogP contribution is -2.18. The maximum Gasteiger partial charge on any atom is 0.345 e. The monoisotopic (exact) mass is 238 g/mol. The van der Waals surface area contributed by atoms with Crippen molar-refractivity contribution in [2.75, 3.05) is 13.2 Å². The van der Waals surface area contributed by atoms with Crippen LogP contribution in [0, 0.1) is 0 Å². The Morgan fingerprint density at radius 2 is 1.82 bits per heavy atom. The fourth-order valence-corrected chi connectivity index (χ4v) is 1.13. The van der Waals surface area contributed by atoms with E-state index in [1.54, 1.807) is 26.0 Å². The van der Waals surface area contributed by atoms with E-state index >= 15 is 0 Å². The third-order valence-electron chi connectivity index (χ3n) is 1.82. The highest BCUT2D eigenvalue weighted by Crippen LogP contribution is 2.10. The van der Waals surface area contributed by atoms with Crippen molar-refractivity contribution in [3.8, 4) is 0 Å². The maximum absolute atomic E-state index is 11.6. The molecule has 1 aromatic heterocycles. The van der Waals surface area contributed by atoms with Gasteiger partial charge >= 0.3 is 11.9 Å². The topological polar surface area (TPSA) is 65.7 Å². The van der Waals surface area contributed by atoms with Crippen LogP contribution in [0.5, 0.6) is 0 Å². The van der Waals surface area contributed by atoms with Gasteiger partial charge in [-0.1, -0.05) is 0 Å². The number of hydrogen-bond donors (Lipinski definition) is 0. The van der Waals surface area contributed by atoms with E-state index in [2.05, 4.69) is 0 Å². The average molecular weight is 238 g/mol. The molecule has 0 bridgehead atoms. The molecule has 0 unspecified atom stereocenters. The predicted molar refractivity (Wildman–Crippen MR) is 60.0 cm³/mol. The number of carbonyl (C=O) groups is 2. The Morgan fingerprint density at radius 1 is 1.24 bits per heavy atom. The Kier molecular flexibility index (Phi) is 5.00. The molecule has 17 heavy (non-hydrogen) atoms. The van der Waals surface area contributed by atoms with E-state index in [-0.39, 0.29) is 18.8 Å². The molecule has 5 heteroatoms. The van der Waals surface area contributed by atoms with Crippen molar-refractivity contribution in [1.82, 2.24) is 0 Å². The first kappa shape index (κ1) is 13.0. The van der Waals surface area contributed by atoms with Gasteiger partial charge in [0.25, 0.3) is 0 Å². The summed E-state index contributed by atoms with van der Waals surface area (Å²) in [7, 11) is 0. The van der Waals surface area contributed by atoms with Gasteiger partial charge in [0.1, 0.15) is 11.3 Å². The normalized spacial score (nSPS) is 9.53. The standard InChI is InChI=1S/C12H14O5/c1-3-15-11(13)10(12(14)16-4-2)8-9-6-5-7-17-9/h5-8H,3-4H2,1-2H3. The molecule has 0 atom stereocenters. The molecule has 5 nitrogen and oxygen atoms in total. The van der Waals surface area contributed by atoms with Crippen molar-refractivity contribution in [3.63, 3.8) is 0 Å². The first-order chi connectivity index (χ1) is 8.19. The van der Waals surface area contributed by atoms with Crippen molar-refractivity contribution in [3.05, 3.63) is 29.7 Å². The van der Waals surface area contributed by atoms with Crippen LogP contribution in [0.2, 0.25) is 0 Å². The van der Waals surface area contributed by atoms with Gasteiger partial charge in [0.2, 0.25) is 0 Å². The van der Waals surface area contributed by atoms with Crippen molar-refractivity contribution in [2.24, 2.45) is 0 Å². The first-order valence-corrected chi connectivity index (χ1v) is 5.28. The lowest BCUT2D eigenvalue weighted by Gasteiger charge is -2.05. The molecule has 92 valence electrons. The van der Waals surface area contributed by atoms with E-state index in [0.29, 0.717) is 5.76 Å². The largest absolute Gasteiger partial charge is 0.465 e. The van der Waals surface area contributed by atoms with Crippen LogP contribution >= 0.6 is 0 Å². The number of furan rings is 1. The van der Waals surface area contributed by atoms with Gasteiger partial charge in [-0.05, 0) is 26.0 Å². The van der Waals surface area contributed by atoms with Gasteiger partial charge in [-0.25, -0.2) is 9.59 Å². The minimum atomic E-state index is -0.720. The zero-order chi connectivity index (χ0) is 12.7. The summed E-state index contributed by atoms with van der Waals surface area (Å²) in [6.45, 7) is 3.70. The summed E-state index contributed by atoms with van der Waals surface area (Å²) in [6, 6.07) is 3.28. The molecule has 0 radical (unpaired) electrons. The zero-order valence-corrected chi connectivity index (χ0v) is 9.76. The SMILES string of the molecule is CCOC(=O)C(=Cc1ccco1)C(=O)OCC. The number of carbonyl (C=O) groups excluding carboxylic acids is 2. The molecule has 0 amide bonds. The molecule has 0 saturated heterocycles. The number of esters is 2. The number of hydrogen-bond acceptors (Lipinski definition) is 5. The summed E-state index contributed by atoms with van der Waals surface area (Å²) in [5, 5.41) is 0. The number of ether oxygens (including phenoxy) is 2. The third kappa shape index (κ3) is 3.79. The molecule has 0 aliphatic rings. The van der Waals surface area contributed by atoms with Crippen LogP contribution in [0.1, 0.15) is 19.6 Å². The smallest absolute Gasteiger partial charge is 0.345 e. The maximum atomic E-state index is 11.6. The number of rotatable bonds is 5. The molecule has 0 N–H and O–H groups in total. The molecular formula is C12H14O5. The Hall–Kier alpha value is -2.04. The van der Waals surface area contributed by atoms with E-state index < -0.39 is 11.9 Å². The molecule has 1 heterocycles. The highest BCUT2D eigenvalue weighted by molar-refractivity contribution is 6.17. The Morgan fingerprint density at radius 3 is 2.24 bits per heavy atom. The van der Waals surface area contributed by atoms with Crippen LogP contribution < -0.4 is 0 Å². The van der Waals surface area contributed by atoms with Crippen LogP contribution in [0.4, 0.5) is 0 Å². The second-order valence-electron chi connectivity index (χ2n) is 3.01. The molecule has 0 aliphatic carbocycles. The quantitative estimate of drug-likeness (QED) is 0.338. The van der Waals surface area contributed by atoms with E-state index in [4.69, 9.17) is 13.9 Å². The van der Waals surface area contributed by atoms with Gasteiger partial charge in [-0.2, -0.15) is 0 Å². The average Bonchev–Trinajstić information content (AvgIpc) is 2.79. The minimum absolute atomic E-state index is 0.177. The van der Waals surface area contributed by atoms with Crippen LogP contribution in [0.3, 0.4) is 0 Å². The van der Waals surface area contributed by atoms with Gasteiger partial charge in [0, 0.05) is 6.08 Å². The van der Waals surface area contributed by atoms with Crippen LogP contribution in [0.15, 0.2) is 28.4 Å². The molecule has 0 saturated carbocycles. The minimum Gasteiger partial charge on any atom is -0.465 e. The van der Waals surface area contributed by atoms with Crippen LogP contribution in [-0.2, 0) is 19.1 Å². The molecule has 1 aromatic rings. The summed E-state index contributed by atoms with van der Waals surface area (Å²) in [4.78, 5) is 23.1. The summed E-state index contributed by atoms with van der Waals surface area (Å²) >= 11 is 0. The van der Waals surface area contributed by atoms with Gasteiger partial charge in [0.05, 0.1) is 19.5 Å². The second kappa shape index (κ2) is 6.52. The van der Waals surface area contributed by atoms with E-state index in [9.17, 15) is 9.59 Å². The summed E-state index contributed by atoms with van der Waals surface area (Å²) in [6.07, 6.45) is 2.75. The van der Waals surface area contributed by atoms with Gasteiger partial charge < -0.3 is 13.9 Å². The first-order valence-electron chi connectivity index (χ1n) is 5.28. The Labute approximate surface area is 99.0 Å². The fourth-order valence-electron chi connectivity index (χ4n) is 1.13. The highest BCUT2D eigenvalue weighted by Gasteiger charge is 2.21. The van der Waals surface area contributed by atoms with Crippen LogP contribution in [0.25, 0.3) is 6.08 Å². The van der Waals surface area contributed by atoms with Crippen LogP contribution in [-0.4, -0.2) is 25.2 Å². The third-order valence-corrected chi connectivity index (χ3v) is 1.82. The second-order valence-corrected chi connectivity index (χ2v) is 3.01. The summed E-state index contributed by atoms with van der Waals surface area (Å²) < 4.78 is 14.6. The molecule has 0 aromatic carbocycles. The molecule has 0 spiro atoms. The van der Waals surface area contributed by atoms with E-state index in [1.807, 2.05) is 0 Å². The predicted octanol–water partition coefficient (Wildman–Crippen LogP) is 1.79. The lowest BCUT2D eigenvalue weighted by atomic mass is 10.2.